The van der Waals surface area contributed by atoms with Crippen LogP contribution in [0.2, 0.25) is 0 Å². The van der Waals surface area contributed by atoms with Crippen molar-refractivity contribution in [3.63, 3.8) is 0 Å². The Labute approximate surface area is 183 Å². The number of aromatic nitrogens is 1. The second-order valence-electron chi connectivity index (χ2n) is 8.20. The number of nitrogens with one attached hydrogen (secondary N) is 1. The number of ether oxygens (including phenoxy) is 1. The van der Waals surface area contributed by atoms with Crippen molar-refractivity contribution in [1.29, 1.82) is 0 Å². The number of benzene rings is 1. The Morgan fingerprint density at radius 2 is 1.93 bits per heavy atom. The van der Waals surface area contributed by atoms with Crippen LogP contribution in [0.1, 0.15) is 53.5 Å². The molecule has 162 valence electrons. The molecule has 2 saturated heterocycles. The monoisotopic (exact) mass is 428 g/mol. The zero-order valence-electron chi connectivity index (χ0n) is 17.8. The van der Waals surface area contributed by atoms with Crippen LogP contribution in [0.15, 0.2) is 29.6 Å². The van der Waals surface area contributed by atoms with Gasteiger partial charge in [0.2, 0.25) is 0 Å². The molecule has 2 aromatic rings. The van der Waals surface area contributed by atoms with E-state index in [1.165, 1.54) is 19.3 Å². The average molecular weight is 429 g/mol. The van der Waals surface area contributed by atoms with Crippen LogP contribution in [0.4, 0.5) is 11.4 Å². The molecule has 0 bridgehead atoms. The highest BCUT2D eigenvalue weighted by atomic mass is 32.1. The van der Waals surface area contributed by atoms with E-state index in [4.69, 9.17) is 9.72 Å². The van der Waals surface area contributed by atoms with Gasteiger partial charge in [0.25, 0.3) is 5.91 Å². The highest BCUT2D eigenvalue weighted by Crippen LogP contribution is 2.31. The van der Waals surface area contributed by atoms with Crippen LogP contribution in [-0.2, 0) is 4.74 Å². The van der Waals surface area contributed by atoms with Gasteiger partial charge in [-0.1, -0.05) is 12.1 Å². The lowest BCUT2D eigenvalue weighted by atomic mass is 9.97. The molecule has 4 rings (SSSR count). The number of amides is 1. The first-order valence-electron chi connectivity index (χ1n) is 11.1. The Balaban J connectivity index is 1.37. The van der Waals surface area contributed by atoms with Crippen LogP contribution >= 0.6 is 11.3 Å². The molecule has 0 saturated carbocycles. The van der Waals surface area contributed by atoms with Crippen LogP contribution in [0.25, 0.3) is 0 Å². The van der Waals surface area contributed by atoms with Gasteiger partial charge in [-0.3, -0.25) is 4.79 Å². The minimum Gasteiger partial charge on any atom is -0.383 e. The number of methoxy groups -OCH3 is 1. The van der Waals surface area contributed by atoms with Crippen molar-refractivity contribution in [1.82, 2.24) is 9.88 Å². The van der Waals surface area contributed by atoms with Gasteiger partial charge in [0.1, 0.15) is 5.69 Å². The van der Waals surface area contributed by atoms with Crippen molar-refractivity contribution in [3.8, 4) is 0 Å². The highest BCUT2D eigenvalue weighted by Gasteiger charge is 2.24. The smallest absolute Gasteiger partial charge is 0.275 e. The van der Waals surface area contributed by atoms with Gasteiger partial charge in [0.05, 0.1) is 23.0 Å². The summed E-state index contributed by atoms with van der Waals surface area (Å²) < 4.78 is 5.18. The van der Waals surface area contributed by atoms with Crippen LogP contribution < -0.4 is 10.2 Å². The van der Waals surface area contributed by atoms with Gasteiger partial charge in [-0.2, -0.15) is 0 Å². The van der Waals surface area contributed by atoms with E-state index in [-0.39, 0.29) is 5.91 Å². The largest absolute Gasteiger partial charge is 0.383 e. The molecule has 1 amide bonds. The fourth-order valence-electron chi connectivity index (χ4n) is 4.38. The molecule has 2 fully saturated rings. The molecule has 1 aromatic heterocycles. The van der Waals surface area contributed by atoms with Crippen molar-refractivity contribution in [2.45, 2.75) is 38.0 Å². The molecule has 1 N–H and O–H groups in total. The fourth-order valence-corrected chi connectivity index (χ4v) is 5.35. The lowest BCUT2D eigenvalue weighted by molar-refractivity contribution is 0.102. The number of rotatable bonds is 7. The van der Waals surface area contributed by atoms with Crippen LogP contribution in [0.3, 0.4) is 0 Å². The predicted molar refractivity (Wildman–Crippen MR) is 123 cm³/mol. The first-order valence-corrected chi connectivity index (χ1v) is 11.9. The maximum atomic E-state index is 12.9. The molecule has 6 nitrogen and oxygen atoms in total. The summed E-state index contributed by atoms with van der Waals surface area (Å²) in [5, 5.41) is 6.11. The third kappa shape index (κ3) is 5.20. The number of piperidine rings is 2. The van der Waals surface area contributed by atoms with Gasteiger partial charge in [-0.25, -0.2) is 4.98 Å². The zero-order chi connectivity index (χ0) is 20.8. The first kappa shape index (κ1) is 21.3. The van der Waals surface area contributed by atoms with Gasteiger partial charge in [0.15, 0.2) is 0 Å². The van der Waals surface area contributed by atoms with Crippen LogP contribution in [-0.4, -0.2) is 62.2 Å². The van der Waals surface area contributed by atoms with Crippen molar-refractivity contribution >= 4 is 28.6 Å². The fraction of sp³-hybridized carbons (Fsp3) is 0.565. The standard InChI is InChI=1S/C23H32N4O2S/c1-29-16-15-26-13-9-18(10-14-26)23-25-20(17-30-23)22(28)24-19-7-3-4-8-21(19)27-11-5-2-6-12-27/h3-4,7-8,17-18H,2,5-6,9-16H2,1H3,(H,24,28). The van der Waals surface area contributed by atoms with E-state index in [9.17, 15) is 4.79 Å². The summed E-state index contributed by atoms with van der Waals surface area (Å²) in [5.74, 6) is 0.343. The lowest BCUT2D eigenvalue weighted by Crippen LogP contribution is -2.35. The minimum absolute atomic E-state index is 0.112. The molecule has 0 radical (unpaired) electrons. The molecular formula is C23H32N4O2S. The number of hydrogen-bond donors (Lipinski definition) is 1. The molecule has 3 heterocycles. The average Bonchev–Trinajstić information content (AvgIpc) is 3.29. The van der Waals surface area contributed by atoms with E-state index in [0.717, 1.165) is 68.6 Å². The lowest BCUT2D eigenvalue weighted by Gasteiger charge is -2.30. The van der Waals surface area contributed by atoms with Crippen molar-refractivity contribution in [2.24, 2.45) is 0 Å². The second-order valence-corrected chi connectivity index (χ2v) is 9.09. The maximum absolute atomic E-state index is 12.9. The van der Waals surface area contributed by atoms with Crippen molar-refractivity contribution in [3.05, 3.63) is 40.3 Å². The molecule has 2 aliphatic heterocycles. The first-order chi connectivity index (χ1) is 14.7. The molecule has 7 heteroatoms. The summed E-state index contributed by atoms with van der Waals surface area (Å²) in [6, 6.07) is 8.11. The van der Waals surface area contributed by atoms with Crippen molar-refractivity contribution < 1.29 is 9.53 Å². The molecule has 1 aromatic carbocycles. The number of carbonyl (C=O) groups excluding carboxylic acids is 1. The van der Waals surface area contributed by atoms with Gasteiger partial charge >= 0.3 is 0 Å². The third-order valence-corrected chi connectivity index (χ3v) is 7.16. The van der Waals surface area contributed by atoms with E-state index >= 15 is 0 Å². The number of hydrogen-bond acceptors (Lipinski definition) is 6. The Hall–Kier alpha value is -1.96. The zero-order valence-corrected chi connectivity index (χ0v) is 18.6. The summed E-state index contributed by atoms with van der Waals surface area (Å²) in [4.78, 5) is 22.4. The summed E-state index contributed by atoms with van der Waals surface area (Å²) in [5.41, 5.74) is 2.53. The molecule has 2 aliphatic rings. The van der Waals surface area contributed by atoms with E-state index in [2.05, 4.69) is 21.2 Å². The normalized spacial score (nSPS) is 18.5. The SMILES string of the molecule is COCCN1CCC(c2nc(C(=O)Nc3ccccc3N3CCCCC3)cs2)CC1. The quantitative estimate of drug-likeness (QED) is 0.716. The molecule has 30 heavy (non-hydrogen) atoms. The number of nitrogens with zero attached hydrogens (tertiary/aromatic N) is 3. The third-order valence-electron chi connectivity index (χ3n) is 6.15. The number of anilines is 2. The van der Waals surface area contributed by atoms with Crippen molar-refractivity contribution in [2.75, 3.05) is 56.7 Å². The van der Waals surface area contributed by atoms with Gasteiger partial charge in [-0.15, -0.1) is 11.3 Å². The Kier molecular flexibility index (Phi) is 7.36. The summed E-state index contributed by atoms with van der Waals surface area (Å²) in [6.45, 7) is 6.01. The van der Waals surface area contributed by atoms with Crippen LogP contribution in [0.5, 0.6) is 0 Å². The Morgan fingerprint density at radius 1 is 1.17 bits per heavy atom. The van der Waals surface area contributed by atoms with Gasteiger partial charge < -0.3 is 19.9 Å². The molecule has 0 unspecified atom stereocenters. The molecular weight excluding hydrogens is 396 g/mol. The number of para-hydroxylation sites is 2. The topological polar surface area (TPSA) is 57.7 Å². The Bertz CT molecular complexity index is 826. The second kappa shape index (κ2) is 10.4. The van der Waals surface area contributed by atoms with Gasteiger partial charge in [-0.05, 0) is 57.3 Å². The highest BCUT2D eigenvalue weighted by molar-refractivity contribution is 7.10. The number of carbonyl (C=O) groups is 1. The van der Waals surface area contributed by atoms with E-state index in [1.807, 2.05) is 23.6 Å². The van der Waals surface area contributed by atoms with E-state index in [1.54, 1.807) is 18.4 Å². The summed E-state index contributed by atoms with van der Waals surface area (Å²) >= 11 is 1.62. The predicted octanol–water partition coefficient (Wildman–Crippen LogP) is 4.21. The number of thiazole rings is 1. The molecule has 0 spiro atoms. The summed E-state index contributed by atoms with van der Waals surface area (Å²) in [7, 11) is 1.75. The Morgan fingerprint density at radius 3 is 2.70 bits per heavy atom. The van der Waals surface area contributed by atoms with E-state index < -0.39 is 0 Å². The molecule has 0 atom stereocenters. The van der Waals surface area contributed by atoms with E-state index in [0.29, 0.717) is 11.6 Å². The van der Waals surface area contributed by atoms with Gasteiger partial charge in [0, 0.05) is 38.0 Å². The maximum Gasteiger partial charge on any atom is 0.275 e. The molecule has 0 aliphatic carbocycles. The summed E-state index contributed by atoms with van der Waals surface area (Å²) in [6.07, 6.45) is 5.90. The minimum atomic E-state index is -0.112. The van der Waals surface area contributed by atoms with Crippen LogP contribution in [0, 0.1) is 0 Å². The number of likely N-dealkylation sites (tertiary alicyclic amines) is 1.